The van der Waals surface area contributed by atoms with E-state index in [4.69, 9.17) is 0 Å². The quantitative estimate of drug-likeness (QED) is 0.769. The van der Waals surface area contributed by atoms with E-state index in [1.807, 2.05) is 17.6 Å². The van der Waals surface area contributed by atoms with E-state index < -0.39 is 0 Å². The predicted molar refractivity (Wildman–Crippen MR) is 83.6 cm³/mol. The maximum Gasteiger partial charge on any atom is 0.228 e. The minimum absolute atomic E-state index is 0.696. The monoisotopic (exact) mass is 282 g/mol. The molecular weight excluding hydrogens is 264 g/mol. The van der Waals surface area contributed by atoms with Crippen molar-refractivity contribution in [3.05, 3.63) is 47.3 Å². The minimum atomic E-state index is 0.696. The number of fused-ring (bicyclic) bond motifs is 1. The third-order valence-corrected chi connectivity index (χ3v) is 3.58. The third kappa shape index (κ3) is 2.52. The van der Waals surface area contributed by atoms with Gasteiger partial charge >= 0.3 is 0 Å². The molecule has 6 nitrogen and oxygen atoms in total. The Balaban J connectivity index is 1.85. The molecule has 2 N–H and O–H groups in total. The van der Waals surface area contributed by atoms with Gasteiger partial charge in [-0.15, -0.1) is 10.2 Å². The van der Waals surface area contributed by atoms with Crippen molar-refractivity contribution in [1.82, 2.24) is 19.6 Å². The van der Waals surface area contributed by atoms with Crippen LogP contribution in [0.2, 0.25) is 0 Å². The van der Waals surface area contributed by atoms with Gasteiger partial charge in [0.1, 0.15) is 0 Å². The molecule has 0 saturated carbocycles. The Labute approximate surface area is 123 Å². The molecule has 0 atom stereocenters. The summed E-state index contributed by atoms with van der Waals surface area (Å²) in [6, 6.07) is 6.44. The molecule has 1 aromatic carbocycles. The molecule has 21 heavy (non-hydrogen) atoms. The van der Waals surface area contributed by atoms with Crippen molar-refractivity contribution in [3.63, 3.8) is 0 Å². The average molecular weight is 282 g/mol. The van der Waals surface area contributed by atoms with Gasteiger partial charge in [-0.25, -0.2) is 4.98 Å². The lowest BCUT2D eigenvalue weighted by Gasteiger charge is -2.08. The van der Waals surface area contributed by atoms with Crippen LogP contribution in [0.1, 0.15) is 16.7 Å². The maximum absolute atomic E-state index is 4.35. The first-order valence-electron chi connectivity index (χ1n) is 6.86. The van der Waals surface area contributed by atoms with E-state index in [0.717, 1.165) is 5.82 Å². The zero-order valence-electron chi connectivity index (χ0n) is 12.4. The number of rotatable bonds is 4. The molecule has 0 aliphatic rings. The molecule has 2 heterocycles. The Kier molecular flexibility index (Phi) is 3.43. The molecule has 0 unspecified atom stereocenters. The van der Waals surface area contributed by atoms with E-state index in [9.17, 15) is 0 Å². The second-order valence-electron chi connectivity index (χ2n) is 5.02. The fourth-order valence-electron chi connectivity index (χ4n) is 2.22. The summed E-state index contributed by atoms with van der Waals surface area (Å²) in [5, 5.41) is 14.6. The smallest absolute Gasteiger partial charge is 0.228 e. The van der Waals surface area contributed by atoms with Gasteiger partial charge in [-0.05, 0) is 30.5 Å². The molecule has 3 aromatic rings. The number of aromatic nitrogens is 4. The summed E-state index contributed by atoms with van der Waals surface area (Å²) in [4.78, 5) is 4.35. The summed E-state index contributed by atoms with van der Waals surface area (Å²) < 4.78 is 1.87. The van der Waals surface area contributed by atoms with Crippen molar-refractivity contribution >= 4 is 17.4 Å². The highest BCUT2D eigenvalue weighted by Crippen LogP contribution is 2.16. The summed E-state index contributed by atoms with van der Waals surface area (Å²) >= 11 is 0. The van der Waals surface area contributed by atoms with Crippen LogP contribution in [-0.2, 0) is 6.54 Å². The molecule has 0 spiro atoms. The highest BCUT2D eigenvalue weighted by atomic mass is 15.3. The fourth-order valence-corrected chi connectivity index (χ4v) is 2.22. The summed E-state index contributed by atoms with van der Waals surface area (Å²) in [6.07, 6.45) is 3.57. The van der Waals surface area contributed by atoms with Crippen molar-refractivity contribution in [2.45, 2.75) is 20.4 Å². The molecule has 0 fully saturated rings. The van der Waals surface area contributed by atoms with E-state index in [2.05, 4.69) is 57.9 Å². The normalized spacial score (nSPS) is 10.8. The van der Waals surface area contributed by atoms with E-state index >= 15 is 0 Å². The van der Waals surface area contributed by atoms with Gasteiger partial charge in [0.05, 0.1) is 0 Å². The van der Waals surface area contributed by atoms with Gasteiger partial charge in [0.2, 0.25) is 11.6 Å². The number of benzene rings is 1. The van der Waals surface area contributed by atoms with Crippen LogP contribution in [0.4, 0.5) is 11.8 Å². The second-order valence-corrected chi connectivity index (χ2v) is 5.02. The van der Waals surface area contributed by atoms with Crippen LogP contribution < -0.4 is 10.6 Å². The van der Waals surface area contributed by atoms with Crippen molar-refractivity contribution in [3.8, 4) is 0 Å². The van der Waals surface area contributed by atoms with Crippen LogP contribution in [0.5, 0.6) is 0 Å². The largest absolute Gasteiger partial charge is 0.363 e. The van der Waals surface area contributed by atoms with Gasteiger partial charge in [-0.3, -0.25) is 4.40 Å². The number of hydrogen-bond acceptors (Lipinski definition) is 5. The van der Waals surface area contributed by atoms with Crippen molar-refractivity contribution in [1.29, 1.82) is 0 Å². The minimum Gasteiger partial charge on any atom is -0.363 e. The Morgan fingerprint density at radius 1 is 1.14 bits per heavy atom. The average Bonchev–Trinajstić information content (AvgIpc) is 2.92. The Morgan fingerprint density at radius 2 is 2.00 bits per heavy atom. The summed E-state index contributed by atoms with van der Waals surface area (Å²) in [7, 11) is 1.82. The molecule has 0 amide bonds. The molecule has 0 radical (unpaired) electrons. The Hall–Kier alpha value is -2.63. The van der Waals surface area contributed by atoms with Gasteiger partial charge in [0.25, 0.3) is 0 Å². The first kappa shape index (κ1) is 13.4. The van der Waals surface area contributed by atoms with Crippen LogP contribution in [0.25, 0.3) is 5.65 Å². The number of anilines is 2. The first-order valence-corrected chi connectivity index (χ1v) is 6.86. The van der Waals surface area contributed by atoms with Crippen LogP contribution in [0, 0.1) is 13.8 Å². The Morgan fingerprint density at radius 3 is 2.76 bits per heavy atom. The van der Waals surface area contributed by atoms with Gasteiger partial charge in [-0.2, -0.15) is 0 Å². The number of nitrogens with one attached hydrogen (secondary N) is 2. The molecular formula is C15H18N6. The van der Waals surface area contributed by atoms with Gasteiger partial charge in [0, 0.05) is 26.0 Å². The zero-order chi connectivity index (χ0) is 14.8. The highest BCUT2D eigenvalue weighted by Gasteiger charge is 2.08. The Bertz CT molecular complexity index is 777. The molecule has 2 aromatic heterocycles. The van der Waals surface area contributed by atoms with Crippen LogP contribution in [-0.4, -0.2) is 26.6 Å². The second kappa shape index (κ2) is 5.40. The highest BCUT2D eigenvalue weighted by molar-refractivity contribution is 5.64. The van der Waals surface area contributed by atoms with Crippen molar-refractivity contribution < 1.29 is 0 Å². The molecule has 0 saturated heterocycles. The van der Waals surface area contributed by atoms with Crippen LogP contribution in [0.3, 0.4) is 0 Å². The predicted octanol–water partition coefficient (Wildman–Crippen LogP) is 2.39. The molecule has 0 bridgehead atoms. The zero-order valence-corrected chi connectivity index (χ0v) is 12.4. The van der Waals surface area contributed by atoms with E-state index in [1.165, 1.54) is 16.7 Å². The van der Waals surface area contributed by atoms with Crippen molar-refractivity contribution in [2.24, 2.45) is 0 Å². The fraction of sp³-hybridized carbons (Fsp3) is 0.267. The molecule has 0 aliphatic carbocycles. The van der Waals surface area contributed by atoms with E-state index in [1.54, 1.807) is 6.20 Å². The lowest BCUT2D eigenvalue weighted by atomic mass is 10.1. The molecule has 6 heteroatoms. The van der Waals surface area contributed by atoms with Gasteiger partial charge in [0.15, 0.2) is 5.82 Å². The number of aryl methyl sites for hydroxylation is 2. The van der Waals surface area contributed by atoms with Gasteiger partial charge in [-0.1, -0.05) is 18.2 Å². The third-order valence-electron chi connectivity index (χ3n) is 3.58. The van der Waals surface area contributed by atoms with Crippen LogP contribution >= 0.6 is 0 Å². The standard InChI is InChI=1S/C15H18N6/c1-10-4-5-12(8-11(10)2)9-18-13-14-19-20-15(16-3)21(14)7-6-17-13/h4-8H,9H2,1-3H3,(H,16,20)(H,17,18). The summed E-state index contributed by atoms with van der Waals surface area (Å²) in [5.41, 5.74) is 4.52. The SMILES string of the molecule is CNc1nnc2c(NCc3ccc(C)c(C)c3)nccn12. The van der Waals surface area contributed by atoms with E-state index in [-0.39, 0.29) is 0 Å². The summed E-state index contributed by atoms with van der Waals surface area (Å²) in [5.74, 6) is 1.42. The number of hydrogen-bond donors (Lipinski definition) is 2. The molecule has 3 rings (SSSR count). The topological polar surface area (TPSA) is 67.1 Å². The maximum atomic E-state index is 4.35. The van der Waals surface area contributed by atoms with Gasteiger partial charge < -0.3 is 10.6 Å². The first-order chi connectivity index (χ1) is 10.2. The molecule has 0 aliphatic heterocycles. The lowest BCUT2D eigenvalue weighted by Crippen LogP contribution is -2.04. The lowest BCUT2D eigenvalue weighted by molar-refractivity contribution is 1.06. The number of nitrogens with zero attached hydrogens (tertiary/aromatic N) is 4. The van der Waals surface area contributed by atoms with E-state index in [0.29, 0.717) is 18.1 Å². The van der Waals surface area contributed by atoms with Crippen LogP contribution in [0.15, 0.2) is 30.6 Å². The summed E-state index contributed by atoms with van der Waals surface area (Å²) in [6.45, 7) is 4.94. The molecule has 108 valence electrons. The van der Waals surface area contributed by atoms with Crippen molar-refractivity contribution in [2.75, 3.05) is 17.7 Å².